The van der Waals surface area contributed by atoms with Gasteiger partial charge in [-0.15, -0.1) is 0 Å². The average Bonchev–Trinajstić information content (AvgIpc) is 3.16. The lowest BCUT2D eigenvalue weighted by molar-refractivity contribution is -0.142. The molecule has 0 aromatic heterocycles. The van der Waals surface area contributed by atoms with E-state index >= 15 is 0 Å². The van der Waals surface area contributed by atoms with Crippen molar-refractivity contribution in [2.45, 2.75) is 0 Å². The normalized spacial score (nSPS) is 13.0. The topological polar surface area (TPSA) is 102 Å². The van der Waals surface area contributed by atoms with E-state index in [1.807, 2.05) is 30.3 Å². The number of carbonyl (C=O) groups is 4. The van der Waals surface area contributed by atoms with Gasteiger partial charge < -0.3 is 14.8 Å². The fourth-order valence-corrected chi connectivity index (χ4v) is 3.48. The number of imide groups is 1. The predicted molar refractivity (Wildman–Crippen MR) is 132 cm³/mol. The van der Waals surface area contributed by atoms with Crippen molar-refractivity contribution in [3.05, 3.63) is 113 Å². The van der Waals surface area contributed by atoms with Crippen molar-refractivity contribution in [1.82, 2.24) is 10.2 Å². The number of benzene rings is 3. The largest absolute Gasteiger partial charge is 0.497 e. The second kappa shape index (κ2) is 11.0. The molecule has 0 saturated heterocycles. The summed E-state index contributed by atoms with van der Waals surface area (Å²) in [6.45, 7) is -0.596. The summed E-state index contributed by atoms with van der Waals surface area (Å²) in [5.41, 5.74) is 1.72. The summed E-state index contributed by atoms with van der Waals surface area (Å²) in [4.78, 5) is 51.4. The highest BCUT2D eigenvalue weighted by atomic mass is 16.5. The third-order valence-corrected chi connectivity index (χ3v) is 5.33. The maximum Gasteiger partial charge on any atom is 0.356 e. The van der Waals surface area contributed by atoms with Gasteiger partial charge in [0.25, 0.3) is 11.8 Å². The molecule has 180 valence electrons. The smallest absolute Gasteiger partial charge is 0.356 e. The molecule has 1 N–H and O–H groups in total. The van der Waals surface area contributed by atoms with Crippen LogP contribution in [0.15, 0.2) is 90.6 Å². The van der Waals surface area contributed by atoms with Crippen LogP contribution in [0.2, 0.25) is 0 Å². The lowest BCUT2D eigenvalue weighted by Crippen LogP contribution is -2.35. The van der Waals surface area contributed by atoms with E-state index in [-0.39, 0.29) is 16.8 Å². The van der Waals surface area contributed by atoms with E-state index in [4.69, 9.17) is 9.47 Å². The van der Waals surface area contributed by atoms with Crippen molar-refractivity contribution in [2.24, 2.45) is 0 Å². The highest BCUT2D eigenvalue weighted by Crippen LogP contribution is 2.22. The first-order chi connectivity index (χ1) is 17.5. The van der Waals surface area contributed by atoms with Crippen LogP contribution < -0.4 is 10.1 Å². The van der Waals surface area contributed by atoms with E-state index in [0.717, 1.165) is 10.5 Å². The van der Waals surface area contributed by atoms with E-state index in [9.17, 15) is 19.2 Å². The molecule has 1 aliphatic heterocycles. The Bertz CT molecular complexity index is 1330. The van der Waals surface area contributed by atoms with Crippen molar-refractivity contribution in [3.63, 3.8) is 0 Å². The lowest BCUT2D eigenvalue weighted by atomic mass is 10.1. The molecule has 0 radical (unpaired) electrons. The molecule has 0 unspecified atom stereocenters. The number of nitrogens with one attached hydrogen (secondary N) is 1. The van der Waals surface area contributed by atoms with Gasteiger partial charge in [0.2, 0.25) is 5.91 Å². The number of methoxy groups -OCH3 is 1. The SMILES string of the molecule is COc1ccc(/C=C(/NC(=O)/C=C/c2ccccc2)C(=O)OCN2C(=O)c3ccccc3C2=O)cc1. The van der Waals surface area contributed by atoms with Gasteiger partial charge >= 0.3 is 5.97 Å². The first-order valence-corrected chi connectivity index (χ1v) is 11.0. The Morgan fingerprint density at radius 3 is 2.06 bits per heavy atom. The van der Waals surface area contributed by atoms with Gasteiger partial charge in [-0.2, -0.15) is 0 Å². The molecule has 8 heteroatoms. The van der Waals surface area contributed by atoms with Crippen LogP contribution in [0.3, 0.4) is 0 Å². The van der Waals surface area contributed by atoms with Gasteiger partial charge in [-0.05, 0) is 47.5 Å². The number of ether oxygens (including phenoxy) is 2. The number of nitrogens with zero attached hydrogens (tertiary/aromatic N) is 1. The van der Waals surface area contributed by atoms with Crippen molar-refractivity contribution in [1.29, 1.82) is 0 Å². The molecule has 3 aromatic rings. The van der Waals surface area contributed by atoms with Gasteiger partial charge in [0, 0.05) is 6.08 Å². The molecule has 0 atom stereocenters. The van der Waals surface area contributed by atoms with Crippen LogP contribution in [0.4, 0.5) is 0 Å². The van der Waals surface area contributed by atoms with E-state index in [1.165, 1.54) is 31.4 Å². The van der Waals surface area contributed by atoms with Gasteiger partial charge in [0.15, 0.2) is 6.73 Å². The minimum Gasteiger partial charge on any atom is -0.497 e. The minimum atomic E-state index is -0.913. The van der Waals surface area contributed by atoms with Crippen LogP contribution in [-0.4, -0.2) is 42.4 Å². The third kappa shape index (κ3) is 5.56. The standard InChI is InChI=1S/C28H22N2O6/c1-35-21-14-11-20(12-15-21)17-24(29-25(31)16-13-19-7-3-2-4-8-19)28(34)36-18-30-26(32)22-9-5-6-10-23(22)27(30)33/h2-17H,18H2,1H3,(H,29,31)/b16-13+,24-17+. The molecular formula is C28H22N2O6. The predicted octanol–water partition coefficient (Wildman–Crippen LogP) is 3.66. The Kier molecular flexibility index (Phi) is 7.36. The lowest BCUT2D eigenvalue weighted by Gasteiger charge is -2.15. The number of carbonyl (C=O) groups excluding carboxylic acids is 4. The number of fused-ring (bicyclic) bond motifs is 1. The van der Waals surface area contributed by atoms with Crippen LogP contribution in [0.25, 0.3) is 12.2 Å². The molecule has 8 nitrogen and oxygen atoms in total. The number of esters is 1. The summed E-state index contributed by atoms with van der Waals surface area (Å²) in [6.07, 6.45) is 4.32. The molecule has 1 aliphatic rings. The molecule has 3 amide bonds. The zero-order valence-corrected chi connectivity index (χ0v) is 19.3. The summed E-state index contributed by atoms with van der Waals surface area (Å²) < 4.78 is 10.4. The summed E-state index contributed by atoms with van der Waals surface area (Å²) in [7, 11) is 1.53. The van der Waals surface area contributed by atoms with Gasteiger partial charge in [-0.1, -0.05) is 54.6 Å². The minimum absolute atomic E-state index is 0.167. The van der Waals surface area contributed by atoms with E-state index in [1.54, 1.807) is 42.5 Å². The van der Waals surface area contributed by atoms with E-state index in [2.05, 4.69) is 5.32 Å². The first kappa shape index (κ1) is 24.2. The van der Waals surface area contributed by atoms with Crippen LogP contribution in [0.5, 0.6) is 5.75 Å². The van der Waals surface area contributed by atoms with Gasteiger partial charge in [0.1, 0.15) is 11.4 Å². The Morgan fingerprint density at radius 2 is 1.44 bits per heavy atom. The van der Waals surface area contributed by atoms with E-state index < -0.39 is 30.4 Å². The molecule has 36 heavy (non-hydrogen) atoms. The molecular weight excluding hydrogens is 460 g/mol. The molecule has 3 aromatic carbocycles. The monoisotopic (exact) mass is 482 g/mol. The van der Waals surface area contributed by atoms with Crippen LogP contribution >= 0.6 is 0 Å². The highest BCUT2D eigenvalue weighted by molar-refractivity contribution is 6.21. The highest BCUT2D eigenvalue weighted by Gasteiger charge is 2.36. The van der Waals surface area contributed by atoms with E-state index in [0.29, 0.717) is 11.3 Å². The molecule has 0 fully saturated rings. The van der Waals surface area contributed by atoms with Crippen LogP contribution in [0, 0.1) is 0 Å². The second-order valence-corrected chi connectivity index (χ2v) is 7.71. The molecule has 0 bridgehead atoms. The number of hydrogen-bond acceptors (Lipinski definition) is 6. The van der Waals surface area contributed by atoms with Crippen molar-refractivity contribution in [3.8, 4) is 5.75 Å². The first-order valence-electron chi connectivity index (χ1n) is 11.0. The maximum absolute atomic E-state index is 12.9. The number of rotatable bonds is 8. The van der Waals surface area contributed by atoms with Crippen LogP contribution in [-0.2, 0) is 14.3 Å². The molecule has 1 heterocycles. The summed E-state index contributed by atoms with van der Waals surface area (Å²) in [5, 5.41) is 2.52. The third-order valence-electron chi connectivity index (χ3n) is 5.33. The van der Waals surface area contributed by atoms with Gasteiger partial charge in [0.05, 0.1) is 18.2 Å². The van der Waals surface area contributed by atoms with Crippen molar-refractivity contribution < 1.29 is 28.7 Å². The Labute approximate surface area is 207 Å². The van der Waals surface area contributed by atoms with Crippen molar-refractivity contribution in [2.75, 3.05) is 13.8 Å². The average molecular weight is 482 g/mol. The van der Waals surface area contributed by atoms with Crippen LogP contribution in [0.1, 0.15) is 31.8 Å². The van der Waals surface area contributed by atoms with Crippen molar-refractivity contribution >= 4 is 35.8 Å². The van der Waals surface area contributed by atoms with Gasteiger partial charge in [-0.25, -0.2) is 9.69 Å². The summed E-state index contributed by atoms with van der Waals surface area (Å²) in [6, 6.07) is 22.3. The zero-order valence-electron chi connectivity index (χ0n) is 19.3. The summed E-state index contributed by atoms with van der Waals surface area (Å²) in [5.74, 6) is -1.96. The summed E-state index contributed by atoms with van der Waals surface area (Å²) >= 11 is 0. The number of amides is 3. The zero-order chi connectivity index (χ0) is 25.5. The molecule has 0 spiro atoms. The van der Waals surface area contributed by atoms with Gasteiger partial charge in [-0.3, -0.25) is 14.4 Å². The molecule has 4 rings (SSSR count). The Balaban J connectivity index is 1.50. The fourth-order valence-electron chi connectivity index (χ4n) is 3.48. The molecule has 0 saturated carbocycles. The quantitative estimate of drug-likeness (QED) is 0.299. The number of hydrogen-bond donors (Lipinski definition) is 1. The maximum atomic E-state index is 12.9. The Morgan fingerprint density at radius 1 is 0.833 bits per heavy atom. The second-order valence-electron chi connectivity index (χ2n) is 7.71. The molecule has 0 aliphatic carbocycles. The fraction of sp³-hybridized carbons (Fsp3) is 0.0714. The Hall–Kier alpha value is -4.98.